The Hall–Kier alpha value is -2.00. The average molecular weight is 239 g/mol. The van der Waals surface area contributed by atoms with E-state index >= 15 is 0 Å². The summed E-state index contributed by atoms with van der Waals surface area (Å²) in [6, 6.07) is 8.28. The summed E-state index contributed by atoms with van der Waals surface area (Å²) in [6.45, 7) is 2.04. The summed E-state index contributed by atoms with van der Waals surface area (Å²) in [5.74, 6) is 1.98. The first-order chi connectivity index (χ1) is 8.95. The Morgan fingerprint density at radius 3 is 2.72 bits per heavy atom. The van der Waals surface area contributed by atoms with Crippen LogP contribution >= 0.6 is 0 Å². The second-order valence-electron chi connectivity index (χ2n) is 4.52. The monoisotopic (exact) mass is 239 g/mol. The van der Waals surface area contributed by atoms with E-state index in [9.17, 15) is 0 Å². The van der Waals surface area contributed by atoms with Gasteiger partial charge in [-0.3, -0.25) is 5.32 Å². The SMILES string of the molecule is C1=Cc2c3c(c4ccccc4c2OC1)OCNC3. The normalized spacial score (nSPS) is 16.7. The van der Waals surface area contributed by atoms with Crippen molar-refractivity contribution >= 4 is 16.8 Å². The Balaban J connectivity index is 2.16. The van der Waals surface area contributed by atoms with Crippen LogP contribution in [0.15, 0.2) is 30.3 Å². The van der Waals surface area contributed by atoms with Gasteiger partial charge in [0.05, 0.1) is 0 Å². The van der Waals surface area contributed by atoms with Gasteiger partial charge in [0.2, 0.25) is 0 Å². The molecule has 0 bridgehead atoms. The minimum Gasteiger partial charge on any atom is -0.488 e. The fourth-order valence-electron chi connectivity index (χ4n) is 2.71. The van der Waals surface area contributed by atoms with Crippen molar-refractivity contribution in [3.8, 4) is 11.5 Å². The molecule has 3 heteroatoms. The van der Waals surface area contributed by atoms with E-state index in [0.29, 0.717) is 13.3 Å². The second-order valence-corrected chi connectivity index (χ2v) is 4.52. The lowest BCUT2D eigenvalue weighted by Crippen LogP contribution is -2.26. The Bertz CT molecular complexity index is 661. The van der Waals surface area contributed by atoms with Crippen LogP contribution in [0.4, 0.5) is 0 Å². The number of benzene rings is 2. The van der Waals surface area contributed by atoms with Crippen LogP contribution in [0.2, 0.25) is 0 Å². The highest BCUT2D eigenvalue weighted by Crippen LogP contribution is 2.43. The lowest BCUT2D eigenvalue weighted by atomic mass is 9.96. The van der Waals surface area contributed by atoms with Crippen LogP contribution in [-0.2, 0) is 6.54 Å². The molecule has 90 valence electrons. The van der Waals surface area contributed by atoms with Gasteiger partial charge in [-0.2, -0.15) is 0 Å². The molecule has 2 aliphatic rings. The molecule has 2 aliphatic heterocycles. The summed E-state index contributed by atoms with van der Waals surface area (Å²) in [4.78, 5) is 0. The van der Waals surface area contributed by atoms with E-state index in [1.165, 1.54) is 5.56 Å². The first-order valence-corrected chi connectivity index (χ1v) is 6.15. The van der Waals surface area contributed by atoms with Gasteiger partial charge in [-0.05, 0) is 6.08 Å². The van der Waals surface area contributed by atoms with Crippen molar-refractivity contribution in [2.24, 2.45) is 0 Å². The van der Waals surface area contributed by atoms with Crippen LogP contribution < -0.4 is 14.8 Å². The van der Waals surface area contributed by atoms with Crippen molar-refractivity contribution in [3.63, 3.8) is 0 Å². The van der Waals surface area contributed by atoms with Crippen molar-refractivity contribution in [1.29, 1.82) is 0 Å². The minimum atomic E-state index is 0.570. The maximum absolute atomic E-state index is 5.83. The summed E-state index contributed by atoms with van der Waals surface area (Å²) in [6.07, 6.45) is 4.19. The smallest absolute Gasteiger partial charge is 0.139 e. The third kappa shape index (κ3) is 1.28. The summed E-state index contributed by atoms with van der Waals surface area (Å²) in [5.41, 5.74) is 2.35. The molecule has 18 heavy (non-hydrogen) atoms. The van der Waals surface area contributed by atoms with Crippen LogP contribution in [0, 0.1) is 0 Å². The van der Waals surface area contributed by atoms with Gasteiger partial charge in [-0.1, -0.05) is 30.3 Å². The van der Waals surface area contributed by atoms with Crippen molar-refractivity contribution in [2.45, 2.75) is 6.54 Å². The Morgan fingerprint density at radius 1 is 1.00 bits per heavy atom. The molecule has 0 radical (unpaired) electrons. The molecule has 0 fully saturated rings. The Labute approximate surface area is 105 Å². The number of nitrogens with one attached hydrogen (secondary N) is 1. The lowest BCUT2D eigenvalue weighted by molar-refractivity contribution is 0.259. The molecule has 3 nitrogen and oxygen atoms in total. The summed E-state index contributed by atoms with van der Waals surface area (Å²) >= 11 is 0. The number of fused-ring (bicyclic) bond motifs is 6. The van der Waals surface area contributed by atoms with E-state index in [1.807, 2.05) is 18.2 Å². The van der Waals surface area contributed by atoms with Gasteiger partial charge in [0.15, 0.2) is 0 Å². The second kappa shape index (κ2) is 3.75. The van der Waals surface area contributed by atoms with E-state index in [1.54, 1.807) is 0 Å². The first-order valence-electron chi connectivity index (χ1n) is 6.15. The molecule has 0 aromatic heterocycles. The highest BCUT2D eigenvalue weighted by atomic mass is 16.5. The average Bonchev–Trinajstić information content (AvgIpc) is 2.48. The molecule has 0 amide bonds. The van der Waals surface area contributed by atoms with Crippen LogP contribution in [0.5, 0.6) is 11.5 Å². The standard InChI is InChI=1S/C15H13NO2/c1-2-5-11-10(4-1)14-12(6-3-7-17-14)13-8-16-9-18-15(11)13/h1-6,16H,7-9H2. The molecule has 4 rings (SSSR count). The Morgan fingerprint density at radius 2 is 1.83 bits per heavy atom. The van der Waals surface area contributed by atoms with Gasteiger partial charge in [-0.25, -0.2) is 0 Å². The van der Waals surface area contributed by atoms with Crippen molar-refractivity contribution in [1.82, 2.24) is 5.32 Å². The summed E-state index contributed by atoms with van der Waals surface area (Å²) in [5, 5.41) is 5.52. The van der Waals surface area contributed by atoms with Gasteiger partial charge in [0, 0.05) is 28.4 Å². The van der Waals surface area contributed by atoms with E-state index in [-0.39, 0.29) is 0 Å². The zero-order chi connectivity index (χ0) is 11.9. The third-order valence-corrected chi connectivity index (χ3v) is 3.49. The van der Waals surface area contributed by atoms with Crippen molar-refractivity contribution in [3.05, 3.63) is 41.5 Å². The molecule has 0 aliphatic carbocycles. The zero-order valence-electron chi connectivity index (χ0n) is 9.90. The molecule has 2 aromatic rings. The molecule has 2 aromatic carbocycles. The van der Waals surface area contributed by atoms with Crippen molar-refractivity contribution in [2.75, 3.05) is 13.3 Å². The topological polar surface area (TPSA) is 30.5 Å². The molecule has 0 unspecified atom stereocenters. The van der Waals surface area contributed by atoms with Crippen LogP contribution in [0.25, 0.3) is 16.8 Å². The van der Waals surface area contributed by atoms with Gasteiger partial charge in [0.1, 0.15) is 24.8 Å². The van der Waals surface area contributed by atoms with Crippen LogP contribution in [0.3, 0.4) is 0 Å². The fraction of sp³-hybridized carbons (Fsp3) is 0.200. The molecular formula is C15H13NO2. The van der Waals surface area contributed by atoms with Gasteiger partial charge in [-0.15, -0.1) is 0 Å². The largest absolute Gasteiger partial charge is 0.488 e. The summed E-state index contributed by atoms with van der Waals surface area (Å²) < 4.78 is 11.6. The molecule has 0 saturated carbocycles. The molecule has 1 N–H and O–H groups in total. The van der Waals surface area contributed by atoms with Gasteiger partial charge in [0.25, 0.3) is 0 Å². The highest BCUT2D eigenvalue weighted by molar-refractivity contribution is 5.98. The zero-order valence-corrected chi connectivity index (χ0v) is 9.90. The molecule has 0 atom stereocenters. The Kier molecular flexibility index (Phi) is 2.08. The number of rotatable bonds is 0. The van der Waals surface area contributed by atoms with Crippen molar-refractivity contribution < 1.29 is 9.47 Å². The fourth-order valence-corrected chi connectivity index (χ4v) is 2.71. The highest BCUT2D eigenvalue weighted by Gasteiger charge is 2.23. The van der Waals surface area contributed by atoms with E-state index in [0.717, 1.165) is 34.4 Å². The predicted molar refractivity (Wildman–Crippen MR) is 70.8 cm³/mol. The van der Waals surface area contributed by atoms with Gasteiger partial charge >= 0.3 is 0 Å². The van der Waals surface area contributed by atoms with E-state index < -0.39 is 0 Å². The molecular weight excluding hydrogens is 226 g/mol. The third-order valence-electron chi connectivity index (χ3n) is 3.49. The predicted octanol–water partition coefficient (Wildman–Crippen LogP) is 2.68. The molecule has 0 spiro atoms. The molecule has 0 saturated heterocycles. The summed E-state index contributed by atoms with van der Waals surface area (Å²) in [7, 11) is 0. The minimum absolute atomic E-state index is 0.570. The van der Waals surface area contributed by atoms with Gasteiger partial charge < -0.3 is 9.47 Å². The van der Waals surface area contributed by atoms with E-state index in [2.05, 4.69) is 23.5 Å². The van der Waals surface area contributed by atoms with E-state index in [4.69, 9.17) is 9.47 Å². The quantitative estimate of drug-likeness (QED) is 0.766. The number of hydrogen-bond donors (Lipinski definition) is 1. The molecule has 2 heterocycles. The maximum Gasteiger partial charge on any atom is 0.139 e. The first kappa shape index (κ1) is 9.97. The lowest BCUT2D eigenvalue weighted by Gasteiger charge is -2.26. The van der Waals surface area contributed by atoms with Crippen LogP contribution in [0.1, 0.15) is 11.1 Å². The number of ether oxygens (including phenoxy) is 2. The van der Waals surface area contributed by atoms with Crippen LogP contribution in [-0.4, -0.2) is 13.3 Å². The number of hydrogen-bond acceptors (Lipinski definition) is 3. The maximum atomic E-state index is 5.83.